The fraction of sp³-hybridized carbons (Fsp3) is 0.733. The molecule has 0 aromatic rings. The first-order chi connectivity index (χ1) is 9.51. The number of halogens is 1. The molecule has 4 nitrogen and oxygen atoms in total. The molecular weight excluding hydrogens is 257 g/mol. The molecule has 0 aromatic heterocycles. The van der Waals surface area contributed by atoms with Crippen molar-refractivity contribution in [2.24, 2.45) is 17.1 Å². The van der Waals surface area contributed by atoms with Gasteiger partial charge in [-0.25, -0.2) is 4.39 Å². The highest BCUT2D eigenvalue weighted by Gasteiger charge is 2.57. The summed E-state index contributed by atoms with van der Waals surface area (Å²) in [7, 11) is 0. The van der Waals surface area contributed by atoms with Crippen molar-refractivity contribution in [3.63, 3.8) is 0 Å². The number of carbonyl (C=O) groups is 1. The van der Waals surface area contributed by atoms with Gasteiger partial charge >= 0.3 is 0 Å². The van der Waals surface area contributed by atoms with Gasteiger partial charge in [0.1, 0.15) is 11.9 Å². The van der Waals surface area contributed by atoms with Gasteiger partial charge in [0.15, 0.2) is 0 Å². The summed E-state index contributed by atoms with van der Waals surface area (Å²) >= 11 is 0. The Balaban J connectivity index is 1.83. The van der Waals surface area contributed by atoms with E-state index in [1.54, 1.807) is 4.90 Å². The van der Waals surface area contributed by atoms with E-state index in [0.29, 0.717) is 18.8 Å². The summed E-state index contributed by atoms with van der Waals surface area (Å²) in [5.74, 6) is -0.290. The molecule has 3 aliphatic rings. The van der Waals surface area contributed by atoms with Gasteiger partial charge in [0, 0.05) is 11.5 Å². The molecule has 1 amide bonds. The second kappa shape index (κ2) is 4.56. The van der Waals surface area contributed by atoms with E-state index in [9.17, 15) is 9.18 Å². The molecule has 2 saturated carbocycles. The summed E-state index contributed by atoms with van der Waals surface area (Å²) in [6.45, 7) is 3.43. The first kappa shape index (κ1) is 13.6. The van der Waals surface area contributed by atoms with Gasteiger partial charge in [-0.2, -0.15) is 5.26 Å². The molecule has 2 aliphatic carbocycles. The van der Waals surface area contributed by atoms with Crippen LogP contribution in [0.5, 0.6) is 0 Å². The minimum Gasteiger partial charge on any atom is -0.322 e. The number of fused-ring (bicyclic) bond motifs is 1. The third-order valence-corrected chi connectivity index (χ3v) is 5.41. The summed E-state index contributed by atoms with van der Waals surface area (Å²) < 4.78 is 13.9. The van der Waals surface area contributed by atoms with Crippen LogP contribution in [-0.4, -0.2) is 28.9 Å². The predicted octanol–water partition coefficient (Wildman–Crippen LogP) is 1.87. The molecule has 0 aromatic carbocycles. The fourth-order valence-electron chi connectivity index (χ4n) is 4.04. The molecule has 0 bridgehead atoms. The molecule has 5 heteroatoms. The number of hydrogen-bond donors (Lipinski definition) is 1. The molecule has 1 saturated heterocycles. The summed E-state index contributed by atoms with van der Waals surface area (Å²) in [6.07, 6.45) is 4.60. The second-order valence-corrected chi connectivity index (χ2v) is 6.44. The maximum Gasteiger partial charge on any atom is 0.241 e. The molecular formula is C15H20FN3O. The Kier molecular flexibility index (Phi) is 3.09. The lowest BCUT2D eigenvalue weighted by molar-refractivity contribution is -0.136. The lowest BCUT2D eigenvalue weighted by Gasteiger charge is -2.36. The van der Waals surface area contributed by atoms with Gasteiger partial charge in [0.05, 0.1) is 12.1 Å². The summed E-state index contributed by atoms with van der Waals surface area (Å²) in [4.78, 5) is 14.3. The Morgan fingerprint density at radius 3 is 2.65 bits per heavy atom. The number of piperidine rings is 1. The highest BCUT2D eigenvalue weighted by atomic mass is 19.1. The lowest BCUT2D eigenvalue weighted by Crippen LogP contribution is -2.54. The molecule has 0 spiro atoms. The van der Waals surface area contributed by atoms with E-state index in [1.165, 1.54) is 0 Å². The van der Waals surface area contributed by atoms with Crippen LogP contribution in [0.25, 0.3) is 0 Å². The molecule has 0 radical (unpaired) electrons. The SMILES string of the molecule is C=C(F)C1(C(N)C(=O)N2C(C#N)CC3CC32)CCCC1. The molecule has 2 N–H and O–H groups in total. The van der Waals surface area contributed by atoms with E-state index in [1.807, 2.05) is 0 Å². The monoisotopic (exact) mass is 277 g/mol. The van der Waals surface area contributed by atoms with Gasteiger partial charge in [-0.3, -0.25) is 4.79 Å². The first-order valence-corrected chi connectivity index (χ1v) is 7.33. The van der Waals surface area contributed by atoms with Crippen molar-refractivity contribution >= 4 is 5.91 Å². The van der Waals surface area contributed by atoms with Crippen molar-refractivity contribution in [2.45, 2.75) is 56.7 Å². The van der Waals surface area contributed by atoms with Crippen LogP contribution in [0.3, 0.4) is 0 Å². The Labute approximate surface area is 118 Å². The van der Waals surface area contributed by atoms with Gasteiger partial charge in [-0.15, -0.1) is 0 Å². The number of nitriles is 1. The Morgan fingerprint density at radius 1 is 1.45 bits per heavy atom. The van der Waals surface area contributed by atoms with Crippen LogP contribution in [0, 0.1) is 22.7 Å². The highest BCUT2D eigenvalue weighted by molar-refractivity contribution is 5.85. The number of nitrogens with zero attached hydrogens (tertiary/aromatic N) is 2. The van der Waals surface area contributed by atoms with E-state index in [-0.39, 0.29) is 18.0 Å². The summed E-state index contributed by atoms with van der Waals surface area (Å²) in [5, 5.41) is 9.17. The van der Waals surface area contributed by atoms with E-state index < -0.39 is 17.3 Å². The quantitative estimate of drug-likeness (QED) is 0.856. The molecule has 20 heavy (non-hydrogen) atoms. The minimum absolute atomic E-state index is 0.157. The number of amides is 1. The van der Waals surface area contributed by atoms with Gasteiger partial charge in [0.25, 0.3) is 0 Å². The van der Waals surface area contributed by atoms with Gasteiger partial charge < -0.3 is 10.6 Å². The molecule has 4 unspecified atom stereocenters. The Morgan fingerprint density at radius 2 is 2.10 bits per heavy atom. The molecule has 3 fully saturated rings. The lowest BCUT2D eigenvalue weighted by atomic mass is 9.77. The second-order valence-electron chi connectivity index (χ2n) is 6.44. The zero-order chi connectivity index (χ0) is 14.5. The minimum atomic E-state index is -0.913. The van der Waals surface area contributed by atoms with Crippen LogP contribution in [0.4, 0.5) is 4.39 Å². The molecule has 3 rings (SSSR count). The molecule has 1 aliphatic heterocycles. The van der Waals surface area contributed by atoms with Crippen LogP contribution >= 0.6 is 0 Å². The maximum absolute atomic E-state index is 13.9. The highest BCUT2D eigenvalue weighted by Crippen LogP contribution is 2.51. The van der Waals surface area contributed by atoms with Crippen LogP contribution in [0.1, 0.15) is 38.5 Å². The summed E-state index contributed by atoms with van der Waals surface area (Å²) in [5.41, 5.74) is 5.22. The Bertz CT molecular complexity index is 492. The van der Waals surface area contributed by atoms with Crippen molar-refractivity contribution < 1.29 is 9.18 Å². The average Bonchev–Trinajstić information content (AvgIpc) is 2.91. The fourth-order valence-corrected chi connectivity index (χ4v) is 4.04. The number of nitrogens with two attached hydrogens (primary N) is 1. The van der Waals surface area contributed by atoms with Gasteiger partial charge in [0.2, 0.25) is 5.91 Å². The van der Waals surface area contributed by atoms with Gasteiger partial charge in [-0.05, 0) is 31.6 Å². The average molecular weight is 277 g/mol. The van der Waals surface area contributed by atoms with E-state index in [2.05, 4.69) is 12.6 Å². The normalized spacial score (nSPS) is 35.2. The van der Waals surface area contributed by atoms with E-state index >= 15 is 0 Å². The molecule has 108 valence electrons. The van der Waals surface area contributed by atoms with Crippen LogP contribution in [0.15, 0.2) is 12.4 Å². The van der Waals surface area contributed by atoms with Crippen LogP contribution in [-0.2, 0) is 4.79 Å². The third kappa shape index (κ3) is 1.78. The first-order valence-electron chi connectivity index (χ1n) is 7.33. The number of hydrogen-bond acceptors (Lipinski definition) is 3. The zero-order valence-corrected chi connectivity index (χ0v) is 11.5. The summed E-state index contributed by atoms with van der Waals surface area (Å²) in [6, 6.07) is 1.04. The molecule has 4 atom stereocenters. The number of likely N-dealkylation sites (tertiary alicyclic amines) is 1. The van der Waals surface area contributed by atoms with Crippen molar-refractivity contribution in [2.75, 3.05) is 0 Å². The topological polar surface area (TPSA) is 70.1 Å². The third-order valence-electron chi connectivity index (χ3n) is 5.41. The van der Waals surface area contributed by atoms with Crippen molar-refractivity contribution in [3.05, 3.63) is 12.4 Å². The van der Waals surface area contributed by atoms with Crippen molar-refractivity contribution in [3.8, 4) is 6.07 Å². The van der Waals surface area contributed by atoms with Crippen molar-refractivity contribution in [1.82, 2.24) is 4.90 Å². The Hall–Kier alpha value is -1.41. The van der Waals surface area contributed by atoms with Gasteiger partial charge in [-0.1, -0.05) is 19.4 Å². The number of carbonyl (C=O) groups excluding carboxylic acids is 1. The smallest absolute Gasteiger partial charge is 0.241 e. The standard InChI is InChI=1S/C15H20FN3O/c1-9(16)15(4-2-3-5-15)13(18)14(20)19-11(8-17)6-10-7-12(10)19/h10-13H,1-7,18H2. The van der Waals surface area contributed by atoms with E-state index in [0.717, 1.165) is 25.7 Å². The zero-order valence-electron chi connectivity index (χ0n) is 11.5. The van der Waals surface area contributed by atoms with Crippen LogP contribution < -0.4 is 5.73 Å². The number of rotatable bonds is 3. The predicted molar refractivity (Wildman–Crippen MR) is 71.9 cm³/mol. The largest absolute Gasteiger partial charge is 0.322 e. The van der Waals surface area contributed by atoms with Crippen LogP contribution in [0.2, 0.25) is 0 Å². The van der Waals surface area contributed by atoms with E-state index in [4.69, 9.17) is 11.0 Å². The van der Waals surface area contributed by atoms with Crippen molar-refractivity contribution in [1.29, 1.82) is 5.26 Å². The molecule has 1 heterocycles. The maximum atomic E-state index is 13.9.